The lowest BCUT2D eigenvalue weighted by atomic mass is 10.2. The van der Waals surface area contributed by atoms with E-state index in [0.717, 1.165) is 0 Å². The number of hydrogen-bond donors (Lipinski definition) is 1. The molecule has 0 radical (unpaired) electrons. The third-order valence-corrected chi connectivity index (χ3v) is 2.23. The number of carbonyl (C=O) groups is 2. The van der Waals surface area contributed by atoms with Gasteiger partial charge in [0.05, 0.1) is 6.26 Å². The Morgan fingerprint density at radius 1 is 1.44 bits per heavy atom. The monoisotopic (exact) mass is 219 g/mol. The molecule has 0 aliphatic rings. The molecule has 5 heteroatoms. The fraction of sp³-hybridized carbons (Fsp3) is 0.0909. The quantitative estimate of drug-likeness (QED) is 0.795. The Morgan fingerprint density at radius 3 is 2.69 bits per heavy atom. The Morgan fingerprint density at radius 2 is 2.19 bits per heavy atom. The highest BCUT2D eigenvalue weighted by Crippen LogP contribution is 2.13. The maximum absolute atomic E-state index is 11.8. The van der Waals surface area contributed by atoms with Gasteiger partial charge in [0.15, 0.2) is 5.76 Å². The number of carbonyl (C=O) groups excluding carboxylic acids is 1. The first-order valence-corrected chi connectivity index (χ1v) is 4.57. The number of nitrogens with zero attached hydrogens (tertiary/aromatic N) is 1. The molecule has 0 saturated heterocycles. The highest BCUT2D eigenvalue weighted by molar-refractivity contribution is 6.08. The highest BCUT2D eigenvalue weighted by Gasteiger charge is 2.17. The van der Waals surface area contributed by atoms with Crippen LogP contribution in [0.2, 0.25) is 0 Å². The van der Waals surface area contributed by atoms with Crippen molar-refractivity contribution >= 4 is 11.8 Å². The average Bonchev–Trinajstić information content (AvgIpc) is 2.84. The van der Waals surface area contributed by atoms with Crippen molar-refractivity contribution in [2.45, 2.75) is 0 Å². The van der Waals surface area contributed by atoms with Gasteiger partial charge in [-0.05, 0) is 18.2 Å². The van der Waals surface area contributed by atoms with Gasteiger partial charge in [-0.3, -0.25) is 4.79 Å². The van der Waals surface area contributed by atoms with Crippen molar-refractivity contribution in [3.63, 3.8) is 0 Å². The minimum absolute atomic E-state index is 0.0647. The minimum atomic E-state index is -1.07. The molecule has 0 bridgehead atoms. The van der Waals surface area contributed by atoms with Crippen molar-refractivity contribution in [3.8, 4) is 0 Å². The Balaban J connectivity index is 2.39. The van der Waals surface area contributed by atoms with Crippen LogP contribution < -0.4 is 0 Å². The van der Waals surface area contributed by atoms with Crippen molar-refractivity contribution in [3.05, 3.63) is 47.7 Å². The maximum atomic E-state index is 11.8. The third-order valence-electron chi connectivity index (χ3n) is 2.23. The van der Waals surface area contributed by atoms with Crippen LogP contribution in [-0.4, -0.2) is 21.4 Å². The molecule has 0 unspecified atom stereocenters. The van der Waals surface area contributed by atoms with Gasteiger partial charge in [0.2, 0.25) is 5.78 Å². The summed E-state index contributed by atoms with van der Waals surface area (Å²) in [6.07, 6.45) is 2.86. The molecule has 82 valence electrons. The van der Waals surface area contributed by atoms with Gasteiger partial charge in [0.1, 0.15) is 5.69 Å². The van der Waals surface area contributed by atoms with Crippen molar-refractivity contribution in [1.29, 1.82) is 0 Å². The first-order chi connectivity index (χ1) is 7.59. The molecule has 2 aromatic rings. The smallest absolute Gasteiger partial charge is 0.352 e. The largest absolute Gasteiger partial charge is 0.477 e. The van der Waals surface area contributed by atoms with Gasteiger partial charge in [-0.1, -0.05) is 0 Å². The van der Waals surface area contributed by atoms with E-state index in [4.69, 9.17) is 9.52 Å². The molecule has 0 aliphatic carbocycles. The normalized spacial score (nSPS) is 10.3. The molecule has 0 saturated carbocycles. The van der Waals surface area contributed by atoms with Gasteiger partial charge in [0, 0.05) is 18.8 Å². The summed E-state index contributed by atoms with van der Waals surface area (Å²) in [6.45, 7) is 0. The number of hydrogen-bond acceptors (Lipinski definition) is 3. The van der Waals surface area contributed by atoms with Crippen LogP contribution in [0, 0.1) is 0 Å². The number of carboxylic acids is 1. The summed E-state index contributed by atoms with van der Waals surface area (Å²) >= 11 is 0. The first-order valence-electron chi connectivity index (χ1n) is 4.57. The Bertz CT molecular complexity index is 536. The molecule has 0 amide bonds. The third kappa shape index (κ3) is 1.63. The summed E-state index contributed by atoms with van der Waals surface area (Å²) in [6, 6.07) is 4.47. The topological polar surface area (TPSA) is 72.4 Å². The second-order valence-electron chi connectivity index (χ2n) is 3.34. The van der Waals surface area contributed by atoms with Crippen LogP contribution in [0.25, 0.3) is 0 Å². The molecule has 0 spiro atoms. The van der Waals surface area contributed by atoms with E-state index in [-0.39, 0.29) is 17.2 Å². The molecule has 2 rings (SSSR count). The molecular formula is C11H9NO4. The molecule has 5 nitrogen and oxygen atoms in total. The zero-order valence-corrected chi connectivity index (χ0v) is 8.51. The van der Waals surface area contributed by atoms with Crippen LogP contribution in [0.3, 0.4) is 0 Å². The molecule has 0 aromatic carbocycles. The molecule has 0 atom stereocenters. The second-order valence-corrected chi connectivity index (χ2v) is 3.34. The van der Waals surface area contributed by atoms with E-state index in [1.54, 1.807) is 13.1 Å². The first kappa shape index (κ1) is 10.2. The summed E-state index contributed by atoms with van der Waals surface area (Å²) in [5.41, 5.74) is 0.366. The SMILES string of the molecule is Cn1cc(C(=O)c2ccco2)cc1C(=O)O. The number of aryl methyl sites for hydroxylation is 1. The number of ketones is 1. The maximum Gasteiger partial charge on any atom is 0.352 e. The van der Waals surface area contributed by atoms with Crippen LogP contribution in [0.5, 0.6) is 0 Å². The van der Waals surface area contributed by atoms with Gasteiger partial charge in [0.25, 0.3) is 0 Å². The van der Waals surface area contributed by atoms with Gasteiger partial charge >= 0.3 is 5.97 Å². The Kier molecular flexibility index (Phi) is 2.36. The number of rotatable bonds is 3. The molecule has 2 aromatic heterocycles. The van der Waals surface area contributed by atoms with E-state index in [9.17, 15) is 9.59 Å². The standard InChI is InChI=1S/C11H9NO4/c1-12-6-7(5-8(12)11(14)15)10(13)9-3-2-4-16-9/h2-6H,1H3,(H,14,15). The van der Waals surface area contributed by atoms with Crippen molar-refractivity contribution < 1.29 is 19.1 Å². The van der Waals surface area contributed by atoms with Crippen LogP contribution >= 0.6 is 0 Å². The van der Waals surface area contributed by atoms with E-state index in [1.165, 1.54) is 29.2 Å². The van der Waals surface area contributed by atoms with Gasteiger partial charge in [-0.2, -0.15) is 0 Å². The summed E-state index contributed by atoms with van der Waals surface area (Å²) in [7, 11) is 1.57. The predicted octanol–water partition coefficient (Wildman–Crippen LogP) is 1.55. The molecule has 16 heavy (non-hydrogen) atoms. The van der Waals surface area contributed by atoms with E-state index in [2.05, 4.69) is 0 Å². The number of aromatic nitrogens is 1. The van der Waals surface area contributed by atoms with Crippen molar-refractivity contribution in [2.24, 2.45) is 7.05 Å². The fourth-order valence-electron chi connectivity index (χ4n) is 1.45. The Hall–Kier alpha value is -2.30. The van der Waals surface area contributed by atoms with Crippen LogP contribution in [0.4, 0.5) is 0 Å². The van der Waals surface area contributed by atoms with Gasteiger partial charge < -0.3 is 14.1 Å². The summed E-state index contributed by atoms with van der Waals surface area (Å²) in [4.78, 5) is 22.6. The lowest BCUT2D eigenvalue weighted by Crippen LogP contribution is -2.02. The average molecular weight is 219 g/mol. The summed E-state index contributed by atoms with van der Waals surface area (Å²) in [5.74, 6) is -1.20. The number of aromatic carboxylic acids is 1. The van der Waals surface area contributed by atoms with E-state index in [0.29, 0.717) is 5.56 Å². The lowest BCUT2D eigenvalue weighted by Gasteiger charge is -1.93. The van der Waals surface area contributed by atoms with Gasteiger partial charge in [-0.25, -0.2) is 4.79 Å². The van der Waals surface area contributed by atoms with Crippen molar-refractivity contribution in [1.82, 2.24) is 4.57 Å². The Labute approximate surface area is 90.9 Å². The van der Waals surface area contributed by atoms with Crippen LogP contribution in [-0.2, 0) is 7.05 Å². The molecule has 0 fully saturated rings. The van der Waals surface area contributed by atoms with E-state index >= 15 is 0 Å². The fourth-order valence-corrected chi connectivity index (χ4v) is 1.45. The zero-order chi connectivity index (χ0) is 11.7. The van der Waals surface area contributed by atoms with E-state index < -0.39 is 5.97 Å². The lowest BCUT2D eigenvalue weighted by molar-refractivity contribution is 0.0686. The molecule has 0 aliphatic heterocycles. The van der Waals surface area contributed by atoms with Crippen molar-refractivity contribution in [2.75, 3.05) is 0 Å². The van der Waals surface area contributed by atoms with Crippen LogP contribution in [0.1, 0.15) is 26.6 Å². The molecular weight excluding hydrogens is 210 g/mol. The highest BCUT2D eigenvalue weighted by atomic mass is 16.4. The van der Waals surface area contributed by atoms with Crippen LogP contribution in [0.15, 0.2) is 35.1 Å². The predicted molar refractivity (Wildman–Crippen MR) is 54.5 cm³/mol. The second kappa shape index (κ2) is 3.69. The minimum Gasteiger partial charge on any atom is -0.477 e. The summed E-state index contributed by atoms with van der Waals surface area (Å²) < 4.78 is 6.34. The molecule has 1 N–H and O–H groups in total. The number of carboxylic acid groups (broad SMARTS) is 1. The molecule has 2 heterocycles. The summed E-state index contributed by atoms with van der Waals surface area (Å²) in [5, 5.41) is 8.84. The van der Waals surface area contributed by atoms with E-state index in [1.807, 2.05) is 0 Å². The zero-order valence-electron chi connectivity index (χ0n) is 8.51. The van der Waals surface area contributed by atoms with Gasteiger partial charge in [-0.15, -0.1) is 0 Å². The number of furan rings is 1.